The maximum Gasteiger partial charge on any atom is 0.251 e. The quantitative estimate of drug-likeness (QED) is 0.877. The molecule has 1 heterocycles. The molecule has 3 rings (SSSR count). The number of aromatic amines is 1. The molecule has 0 bridgehead atoms. The van der Waals surface area contributed by atoms with Gasteiger partial charge in [-0.05, 0) is 36.6 Å². The van der Waals surface area contributed by atoms with E-state index in [9.17, 15) is 4.79 Å². The van der Waals surface area contributed by atoms with E-state index in [0.717, 1.165) is 30.4 Å². The van der Waals surface area contributed by atoms with Crippen LogP contribution < -0.4 is 5.32 Å². The van der Waals surface area contributed by atoms with Gasteiger partial charge in [-0.3, -0.25) is 4.79 Å². The van der Waals surface area contributed by atoms with Gasteiger partial charge >= 0.3 is 0 Å². The first-order valence-corrected chi connectivity index (χ1v) is 6.18. The average molecular weight is 255 g/mol. The minimum Gasteiger partial charge on any atom is -0.322 e. The van der Waals surface area contributed by atoms with Crippen molar-refractivity contribution in [3.63, 3.8) is 0 Å². The molecule has 0 aliphatic heterocycles. The molecule has 96 valence electrons. The molecule has 2 aromatic rings. The van der Waals surface area contributed by atoms with Gasteiger partial charge in [-0.25, -0.2) is 0 Å². The van der Waals surface area contributed by atoms with Gasteiger partial charge in [0.05, 0.1) is 5.69 Å². The number of para-hydroxylation sites is 1. The van der Waals surface area contributed by atoms with Crippen LogP contribution in [0.5, 0.6) is 0 Å². The van der Waals surface area contributed by atoms with Crippen molar-refractivity contribution in [2.24, 2.45) is 0 Å². The van der Waals surface area contributed by atoms with Crippen LogP contribution in [0.3, 0.4) is 0 Å². The van der Waals surface area contributed by atoms with Crippen molar-refractivity contribution >= 4 is 11.6 Å². The van der Waals surface area contributed by atoms with E-state index >= 15 is 0 Å². The number of amides is 1. The van der Waals surface area contributed by atoms with Crippen LogP contribution in [0.2, 0.25) is 0 Å². The molecule has 1 aromatic heterocycles. The number of allylic oxidation sites excluding steroid dienone is 1. The van der Waals surface area contributed by atoms with E-state index in [1.165, 1.54) is 0 Å². The first-order valence-electron chi connectivity index (χ1n) is 6.18. The second kappa shape index (κ2) is 5.01. The molecule has 0 spiro atoms. The molecule has 0 fully saturated rings. The molecule has 0 saturated heterocycles. The molecular formula is C13H13N5O. The fourth-order valence-electron chi connectivity index (χ4n) is 2.14. The van der Waals surface area contributed by atoms with Crippen molar-refractivity contribution < 1.29 is 4.79 Å². The summed E-state index contributed by atoms with van der Waals surface area (Å²) in [5, 5.41) is 16.7. The number of benzene rings is 1. The Hall–Kier alpha value is -2.50. The van der Waals surface area contributed by atoms with Gasteiger partial charge < -0.3 is 5.32 Å². The summed E-state index contributed by atoms with van der Waals surface area (Å²) in [7, 11) is 0. The number of hydrogen-bond donors (Lipinski definition) is 2. The van der Waals surface area contributed by atoms with E-state index < -0.39 is 0 Å². The number of nitrogens with zero attached hydrogens (tertiary/aromatic N) is 3. The number of carbonyl (C=O) groups is 1. The molecule has 1 amide bonds. The summed E-state index contributed by atoms with van der Waals surface area (Å²) in [6.45, 7) is 0. The van der Waals surface area contributed by atoms with Crippen LogP contribution >= 0.6 is 0 Å². The number of aromatic nitrogens is 4. The summed E-state index contributed by atoms with van der Waals surface area (Å²) < 4.78 is 0. The van der Waals surface area contributed by atoms with Crippen LogP contribution in [0, 0.1) is 0 Å². The number of H-pyrrole nitrogens is 1. The van der Waals surface area contributed by atoms with Crippen LogP contribution in [-0.2, 0) is 4.79 Å². The first-order chi connectivity index (χ1) is 9.34. The standard InChI is InChI=1S/C13H13N5O/c19-13(9-5-1-2-6-9)14-11-8-4-3-7-10(11)12-15-17-18-16-12/h3-5,7-8H,1-2,6H2,(H,14,19)(H,15,16,17,18). The highest BCUT2D eigenvalue weighted by atomic mass is 16.1. The number of carbonyl (C=O) groups excluding carboxylic acids is 1. The maximum absolute atomic E-state index is 12.1. The molecule has 1 aliphatic carbocycles. The van der Waals surface area contributed by atoms with Crippen molar-refractivity contribution in [1.82, 2.24) is 20.6 Å². The van der Waals surface area contributed by atoms with Gasteiger partial charge in [-0.1, -0.05) is 18.2 Å². The van der Waals surface area contributed by atoms with E-state index in [0.29, 0.717) is 11.5 Å². The molecule has 6 heteroatoms. The normalized spacial score (nSPS) is 14.2. The Labute approximate surface area is 109 Å². The van der Waals surface area contributed by atoms with Crippen LogP contribution in [0.15, 0.2) is 35.9 Å². The van der Waals surface area contributed by atoms with Crippen molar-refractivity contribution in [3.05, 3.63) is 35.9 Å². The summed E-state index contributed by atoms with van der Waals surface area (Å²) in [6, 6.07) is 7.42. The highest BCUT2D eigenvalue weighted by molar-refractivity contribution is 6.05. The van der Waals surface area contributed by atoms with E-state index in [-0.39, 0.29) is 5.91 Å². The fraction of sp³-hybridized carbons (Fsp3) is 0.231. The maximum atomic E-state index is 12.1. The number of nitrogens with one attached hydrogen (secondary N) is 2. The largest absolute Gasteiger partial charge is 0.322 e. The van der Waals surface area contributed by atoms with Crippen molar-refractivity contribution in [2.75, 3.05) is 5.32 Å². The highest BCUT2D eigenvalue weighted by Gasteiger charge is 2.16. The lowest BCUT2D eigenvalue weighted by atomic mass is 10.1. The molecule has 1 aliphatic rings. The van der Waals surface area contributed by atoms with Gasteiger partial charge in [0.2, 0.25) is 5.82 Å². The molecule has 6 nitrogen and oxygen atoms in total. The Morgan fingerprint density at radius 2 is 2.21 bits per heavy atom. The fourth-order valence-corrected chi connectivity index (χ4v) is 2.14. The molecule has 0 saturated carbocycles. The third-order valence-electron chi connectivity index (χ3n) is 3.09. The van der Waals surface area contributed by atoms with Crippen molar-refractivity contribution in [2.45, 2.75) is 19.3 Å². The Morgan fingerprint density at radius 1 is 1.32 bits per heavy atom. The Morgan fingerprint density at radius 3 is 2.95 bits per heavy atom. The third-order valence-corrected chi connectivity index (χ3v) is 3.09. The van der Waals surface area contributed by atoms with Crippen molar-refractivity contribution in [3.8, 4) is 11.4 Å². The van der Waals surface area contributed by atoms with E-state index in [1.807, 2.05) is 30.3 Å². The van der Waals surface area contributed by atoms with Gasteiger partial charge in [0.25, 0.3) is 5.91 Å². The van der Waals surface area contributed by atoms with Crippen LogP contribution in [0.4, 0.5) is 5.69 Å². The monoisotopic (exact) mass is 255 g/mol. The summed E-state index contributed by atoms with van der Waals surface area (Å²) in [6.07, 6.45) is 4.87. The zero-order valence-corrected chi connectivity index (χ0v) is 10.3. The molecule has 2 N–H and O–H groups in total. The second-order valence-corrected chi connectivity index (χ2v) is 4.36. The minimum absolute atomic E-state index is 0.0477. The van der Waals surface area contributed by atoms with E-state index in [2.05, 4.69) is 25.9 Å². The highest BCUT2D eigenvalue weighted by Crippen LogP contribution is 2.26. The lowest BCUT2D eigenvalue weighted by Crippen LogP contribution is -2.14. The van der Waals surface area contributed by atoms with Gasteiger partial charge in [0.1, 0.15) is 0 Å². The van der Waals surface area contributed by atoms with Gasteiger partial charge in [-0.15, -0.1) is 10.2 Å². The summed E-state index contributed by atoms with van der Waals surface area (Å²) in [5.74, 6) is 0.421. The minimum atomic E-state index is -0.0477. The average Bonchev–Trinajstić information content (AvgIpc) is 3.13. The number of rotatable bonds is 3. The Bertz CT molecular complexity index is 618. The second-order valence-electron chi connectivity index (χ2n) is 4.36. The number of hydrogen-bond acceptors (Lipinski definition) is 4. The van der Waals surface area contributed by atoms with Crippen molar-refractivity contribution in [1.29, 1.82) is 0 Å². The Balaban J connectivity index is 1.87. The van der Waals surface area contributed by atoms with Crippen LogP contribution in [-0.4, -0.2) is 26.5 Å². The summed E-state index contributed by atoms with van der Waals surface area (Å²) in [5.41, 5.74) is 2.30. The molecule has 19 heavy (non-hydrogen) atoms. The lowest BCUT2D eigenvalue weighted by Gasteiger charge is -2.08. The Kier molecular flexibility index (Phi) is 3.06. The van der Waals surface area contributed by atoms with E-state index in [4.69, 9.17) is 0 Å². The third kappa shape index (κ3) is 2.37. The van der Waals surface area contributed by atoms with Gasteiger partial charge in [-0.2, -0.15) is 5.21 Å². The number of anilines is 1. The SMILES string of the molecule is O=C(Nc1ccccc1-c1nn[nH]n1)C1=CCCC1. The first kappa shape index (κ1) is 11.6. The number of tetrazole rings is 1. The van der Waals surface area contributed by atoms with Crippen LogP contribution in [0.25, 0.3) is 11.4 Å². The predicted molar refractivity (Wildman–Crippen MR) is 70.2 cm³/mol. The zero-order chi connectivity index (χ0) is 13.1. The van der Waals surface area contributed by atoms with Gasteiger partial charge in [0.15, 0.2) is 0 Å². The zero-order valence-electron chi connectivity index (χ0n) is 10.3. The predicted octanol–water partition coefficient (Wildman–Crippen LogP) is 1.92. The summed E-state index contributed by atoms with van der Waals surface area (Å²) >= 11 is 0. The molecular weight excluding hydrogens is 242 g/mol. The van der Waals surface area contributed by atoms with E-state index in [1.54, 1.807) is 0 Å². The lowest BCUT2D eigenvalue weighted by molar-refractivity contribution is -0.112. The molecule has 0 radical (unpaired) electrons. The van der Waals surface area contributed by atoms with Crippen LogP contribution in [0.1, 0.15) is 19.3 Å². The topological polar surface area (TPSA) is 83.6 Å². The molecule has 1 aromatic carbocycles. The summed E-state index contributed by atoms with van der Waals surface area (Å²) in [4.78, 5) is 12.1. The molecule has 0 atom stereocenters. The van der Waals surface area contributed by atoms with Gasteiger partial charge in [0, 0.05) is 11.1 Å². The smallest absolute Gasteiger partial charge is 0.251 e. The molecule has 0 unspecified atom stereocenters.